The zero-order chi connectivity index (χ0) is 23.3. The van der Waals surface area contributed by atoms with Crippen LogP contribution in [0.15, 0.2) is 34.4 Å². The Morgan fingerprint density at radius 3 is 2.59 bits per heavy atom. The number of carbonyl (C=O) groups is 3. The summed E-state index contributed by atoms with van der Waals surface area (Å²) >= 11 is 7.12. The van der Waals surface area contributed by atoms with Crippen molar-refractivity contribution in [1.82, 2.24) is 9.78 Å². The van der Waals surface area contributed by atoms with E-state index in [-0.39, 0.29) is 47.5 Å². The molecule has 168 valence electrons. The van der Waals surface area contributed by atoms with E-state index in [9.17, 15) is 19.2 Å². The molecule has 1 aromatic carbocycles. The fourth-order valence-corrected chi connectivity index (χ4v) is 4.05. The van der Waals surface area contributed by atoms with Crippen LogP contribution in [0, 0.1) is 0 Å². The summed E-state index contributed by atoms with van der Waals surface area (Å²) in [5, 5.41) is 9.40. The van der Waals surface area contributed by atoms with Crippen molar-refractivity contribution in [3.63, 3.8) is 0 Å². The van der Waals surface area contributed by atoms with E-state index in [1.54, 1.807) is 37.4 Å². The Morgan fingerprint density at radius 1 is 1.16 bits per heavy atom. The van der Waals surface area contributed by atoms with Gasteiger partial charge in [0.05, 0.1) is 30.7 Å². The Labute approximate surface area is 191 Å². The molecular formula is C21H20ClN3O6S. The van der Waals surface area contributed by atoms with Gasteiger partial charge in [0.2, 0.25) is 5.91 Å². The third-order valence-corrected chi connectivity index (χ3v) is 5.42. The summed E-state index contributed by atoms with van der Waals surface area (Å²) in [5.41, 5.74) is -0.261. The molecule has 0 aliphatic heterocycles. The van der Waals surface area contributed by atoms with Gasteiger partial charge in [-0.05, 0) is 32.0 Å². The second-order valence-corrected chi connectivity index (χ2v) is 7.79. The fraction of sp³-hybridized carbons (Fsp3) is 0.286. The van der Waals surface area contributed by atoms with Crippen LogP contribution in [-0.4, -0.2) is 40.8 Å². The van der Waals surface area contributed by atoms with Crippen LogP contribution in [0.3, 0.4) is 0 Å². The second kappa shape index (κ2) is 10.4. The molecular weight excluding hydrogens is 458 g/mol. The van der Waals surface area contributed by atoms with E-state index >= 15 is 0 Å². The molecule has 1 amide bonds. The second-order valence-electron chi connectivity index (χ2n) is 6.47. The first-order chi connectivity index (χ1) is 15.3. The quantitative estimate of drug-likeness (QED) is 0.493. The standard InChI is InChI=1S/C21H20ClN3O6S/c1-3-30-16(27)9-8-15(26)23-19-17-14(11-32-19)18(21(29)31-4-2)24-25(20(17)28)13-7-5-6-12(22)10-13/h5-7,10-11H,3-4,8-9H2,1-2H3,(H,23,26). The maximum absolute atomic E-state index is 13.3. The lowest BCUT2D eigenvalue weighted by Crippen LogP contribution is -2.25. The number of esters is 2. The van der Waals surface area contributed by atoms with Gasteiger partial charge in [-0.25, -0.2) is 4.79 Å². The first-order valence-electron chi connectivity index (χ1n) is 9.78. The highest BCUT2D eigenvalue weighted by molar-refractivity contribution is 7.16. The molecule has 0 unspecified atom stereocenters. The van der Waals surface area contributed by atoms with E-state index in [1.165, 1.54) is 6.07 Å². The van der Waals surface area contributed by atoms with Gasteiger partial charge in [-0.15, -0.1) is 11.3 Å². The van der Waals surface area contributed by atoms with E-state index in [4.69, 9.17) is 21.1 Å². The summed E-state index contributed by atoms with van der Waals surface area (Å²) in [6, 6.07) is 6.43. The largest absolute Gasteiger partial charge is 0.466 e. The van der Waals surface area contributed by atoms with Crippen molar-refractivity contribution in [2.75, 3.05) is 18.5 Å². The molecule has 0 atom stereocenters. The van der Waals surface area contributed by atoms with Gasteiger partial charge < -0.3 is 14.8 Å². The number of rotatable bonds is 8. The van der Waals surface area contributed by atoms with Crippen LogP contribution in [0.2, 0.25) is 5.02 Å². The number of carbonyl (C=O) groups excluding carboxylic acids is 3. The number of halogens is 1. The molecule has 1 N–H and O–H groups in total. The molecule has 0 radical (unpaired) electrons. The molecule has 11 heteroatoms. The third kappa shape index (κ3) is 5.14. The Balaban J connectivity index is 2.06. The molecule has 3 aromatic rings. The van der Waals surface area contributed by atoms with Gasteiger partial charge in [-0.1, -0.05) is 17.7 Å². The van der Waals surface area contributed by atoms with Crippen LogP contribution < -0.4 is 10.9 Å². The predicted octanol–water partition coefficient (Wildman–Crippen LogP) is 3.56. The molecule has 2 aromatic heterocycles. The zero-order valence-electron chi connectivity index (χ0n) is 17.3. The Kier molecular flexibility index (Phi) is 7.60. The number of fused-ring (bicyclic) bond motifs is 1. The van der Waals surface area contributed by atoms with E-state index < -0.39 is 23.4 Å². The summed E-state index contributed by atoms with van der Waals surface area (Å²) in [5.74, 6) is -1.66. The Bertz CT molecular complexity index is 1240. The molecule has 2 heterocycles. The average Bonchev–Trinajstić information content (AvgIpc) is 3.17. The minimum absolute atomic E-state index is 0.0651. The number of nitrogens with zero attached hydrogens (tertiary/aromatic N) is 2. The van der Waals surface area contributed by atoms with Gasteiger partial charge >= 0.3 is 11.9 Å². The first kappa shape index (κ1) is 23.4. The van der Waals surface area contributed by atoms with E-state index in [1.807, 2.05) is 0 Å². The molecule has 0 spiro atoms. The SMILES string of the molecule is CCOC(=O)CCC(=O)Nc1scc2c(C(=O)OCC)nn(-c3cccc(Cl)c3)c(=O)c12. The van der Waals surface area contributed by atoms with Gasteiger partial charge in [0.1, 0.15) is 5.00 Å². The lowest BCUT2D eigenvalue weighted by atomic mass is 10.2. The number of aromatic nitrogens is 2. The van der Waals surface area contributed by atoms with Crippen LogP contribution >= 0.6 is 22.9 Å². The average molecular weight is 478 g/mol. The Morgan fingerprint density at radius 2 is 1.91 bits per heavy atom. The summed E-state index contributed by atoms with van der Waals surface area (Å²) in [4.78, 5) is 49.7. The molecule has 0 aliphatic carbocycles. The maximum Gasteiger partial charge on any atom is 0.359 e. The highest BCUT2D eigenvalue weighted by Crippen LogP contribution is 2.31. The van der Waals surface area contributed by atoms with Crippen molar-refractivity contribution in [2.45, 2.75) is 26.7 Å². The van der Waals surface area contributed by atoms with Crippen LogP contribution in [0.25, 0.3) is 16.5 Å². The third-order valence-electron chi connectivity index (χ3n) is 4.29. The Hall–Kier alpha value is -3.24. The van der Waals surface area contributed by atoms with Crippen molar-refractivity contribution >= 4 is 56.6 Å². The van der Waals surface area contributed by atoms with Crippen LogP contribution in [-0.2, 0) is 19.1 Å². The zero-order valence-corrected chi connectivity index (χ0v) is 18.9. The number of thiophene rings is 1. The highest BCUT2D eigenvalue weighted by atomic mass is 35.5. The predicted molar refractivity (Wildman–Crippen MR) is 121 cm³/mol. The first-order valence-corrected chi connectivity index (χ1v) is 11.0. The number of benzene rings is 1. The summed E-state index contributed by atoms with van der Waals surface area (Å²) < 4.78 is 11.0. The molecule has 0 bridgehead atoms. The molecule has 3 rings (SSSR count). The van der Waals surface area contributed by atoms with Crippen molar-refractivity contribution in [3.8, 4) is 5.69 Å². The normalized spacial score (nSPS) is 10.7. The number of anilines is 1. The molecule has 0 fully saturated rings. The van der Waals surface area contributed by atoms with Gasteiger partial charge in [0.25, 0.3) is 5.56 Å². The van der Waals surface area contributed by atoms with Crippen LogP contribution in [0.5, 0.6) is 0 Å². The highest BCUT2D eigenvalue weighted by Gasteiger charge is 2.23. The monoisotopic (exact) mass is 477 g/mol. The van der Waals surface area contributed by atoms with E-state index in [0.29, 0.717) is 10.7 Å². The van der Waals surface area contributed by atoms with Gasteiger partial charge in [0, 0.05) is 22.2 Å². The number of ether oxygens (including phenoxy) is 2. The molecule has 0 aliphatic rings. The maximum atomic E-state index is 13.3. The van der Waals surface area contributed by atoms with Gasteiger partial charge in [0.15, 0.2) is 5.69 Å². The molecule has 32 heavy (non-hydrogen) atoms. The van der Waals surface area contributed by atoms with Crippen molar-refractivity contribution < 1.29 is 23.9 Å². The number of amides is 1. The minimum atomic E-state index is -0.703. The van der Waals surface area contributed by atoms with Crippen molar-refractivity contribution in [1.29, 1.82) is 0 Å². The van der Waals surface area contributed by atoms with E-state index in [2.05, 4.69) is 10.4 Å². The van der Waals surface area contributed by atoms with Crippen LogP contribution in [0.4, 0.5) is 5.00 Å². The molecule has 0 saturated carbocycles. The smallest absolute Gasteiger partial charge is 0.359 e. The van der Waals surface area contributed by atoms with Crippen molar-refractivity contribution in [3.05, 3.63) is 50.7 Å². The lowest BCUT2D eigenvalue weighted by molar-refractivity contribution is -0.144. The summed E-state index contributed by atoms with van der Waals surface area (Å²) in [7, 11) is 0. The summed E-state index contributed by atoms with van der Waals surface area (Å²) in [6.07, 6.45) is -0.206. The number of hydrogen-bond acceptors (Lipinski definition) is 8. The lowest BCUT2D eigenvalue weighted by Gasteiger charge is -2.10. The van der Waals surface area contributed by atoms with E-state index in [0.717, 1.165) is 16.0 Å². The fourth-order valence-electron chi connectivity index (χ4n) is 2.91. The van der Waals surface area contributed by atoms with Crippen LogP contribution in [0.1, 0.15) is 37.2 Å². The molecule has 0 saturated heterocycles. The van der Waals surface area contributed by atoms with Crippen molar-refractivity contribution in [2.24, 2.45) is 0 Å². The van der Waals surface area contributed by atoms with Gasteiger partial charge in [-0.3, -0.25) is 14.4 Å². The van der Waals surface area contributed by atoms with Gasteiger partial charge in [-0.2, -0.15) is 9.78 Å². The molecule has 9 nitrogen and oxygen atoms in total. The minimum Gasteiger partial charge on any atom is -0.466 e. The summed E-state index contributed by atoms with van der Waals surface area (Å²) in [6.45, 7) is 3.68. The number of hydrogen-bond donors (Lipinski definition) is 1. The topological polar surface area (TPSA) is 117 Å². The number of nitrogens with one attached hydrogen (secondary N) is 1.